The third-order valence-electron chi connectivity index (χ3n) is 1.88. The summed E-state index contributed by atoms with van der Waals surface area (Å²) in [5, 5.41) is 9.41. The third kappa shape index (κ3) is 2.12. The maximum absolute atomic E-state index is 10.8. The van der Waals surface area contributed by atoms with Crippen molar-refractivity contribution < 1.29 is 9.90 Å². The molecule has 1 atom stereocenters. The lowest BCUT2D eigenvalue weighted by molar-refractivity contribution is -0.119. The standard InChI is InChI=1S/C9H10ClNO2/c1-5(9(11)13)7-3-2-6(12)4-8(7)10/h2-5,12H,1H3,(H2,11,13). The van der Waals surface area contributed by atoms with Crippen LogP contribution in [0.4, 0.5) is 0 Å². The van der Waals surface area contributed by atoms with Crippen LogP contribution >= 0.6 is 11.6 Å². The molecule has 13 heavy (non-hydrogen) atoms. The Balaban J connectivity index is 3.08. The number of nitrogens with two attached hydrogens (primary N) is 1. The van der Waals surface area contributed by atoms with Gasteiger partial charge in [-0.3, -0.25) is 4.79 Å². The average Bonchev–Trinajstić information content (AvgIpc) is 2.03. The van der Waals surface area contributed by atoms with Gasteiger partial charge in [-0.15, -0.1) is 0 Å². The maximum atomic E-state index is 10.8. The molecule has 4 heteroatoms. The van der Waals surface area contributed by atoms with Crippen molar-refractivity contribution in [1.29, 1.82) is 0 Å². The number of hydrogen-bond acceptors (Lipinski definition) is 2. The average molecular weight is 200 g/mol. The van der Waals surface area contributed by atoms with Gasteiger partial charge in [-0.25, -0.2) is 0 Å². The molecule has 0 saturated heterocycles. The molecule has 0 heterocycles. The van der Waals surface area contributed by atoms with Crippen molar-refractivity contribution in [3.05, 3.63) is 28.8 Å². The van der Waals surface area contributed by atoms with E-state index in [1.54, 1.807) is 13.0 Å². The molecule has 0 aliphatic rings. The Hall–Kier alpha value is -1.22. The molecule has 0 saturated carbocycles. The maximum Gasteiger partial charge on any atom is 0.224 e. The number of benzene rings is 1. The summed E-state index contributed by atoms with van der Waals surface area (Å²) in [6, 6.07) is 4.45. The van der Waals surface area contributed by atoms with Crippen LogP contribution < -0.4 is 5.73 Å². The summed E-state index contributed by atoms with van der Waals surface area (Å²) in [5.41, 5.74) is 5.75. The Labute approximate surface area is 81.1 Å². The fourth-order valence-corrected chi connectivity index (χ4v) is 1.36. The molecule has 0 aliphatic carbocycles. The smallest absolute Gasteiger partial charge is 0.224 e. The quantitative estimate of drug-likeness (QED) is 0.761. The van der Waals surface area contributed by atoms with Crippen LogP contribution in [0.2, 0.25) is 5.02 Å². The first kappa shape index (κ1) is 9.86. The second-order valence-corrected chi connectivity index (χ2v) is 3.24. The first-order valence-corrected chi connectivity index (χ1v) is 4.18. The number of carbonyl (C=O) groups excluding carboxylic acids is 1. The summed E-state index contributed by atoms with van der Waals surface area (Å²) >= 11 is 5.80. The highest BCUT2D eigenvalue weighted by Crippen LogP contribution is 2.27. The SMILES string of the molecule is CC(C(N)=O)c1ccc(O)cc1Cl. The Kier molecular flexibility index (Phi) is 2.78. The summed E-state index contributed by atoms with van der Waals surface area (Å²) in [6.45, 7) is 1.67. The molecule has 0 bridgehead atoms. The van der Waals surface area contributed by atoms with E-state index in [1.807, 2.05) is 0 Å². The molecule has 0 spiro atoms. The van der Waals surface area contributed by atoms with Gasteiger partial charge in [0.1, 0.15) is 5.75 Å². The van der Waals surface area contributed by atoms with Crippen LogP contribution in [-0.4, -0.2) is 11.0 Å². The van der Waals surface area contributed by atoms with E-state index in [0.717, 1.165) is 0 Å². The lowest BCUT2D eigenvalue weighted by atomic mass is 10.0. The zero-order valence-corrected chi connectivity index (χ0v) is 7.88. The van der Waals surface area contributed by atoms with E-state index in [4.69, 9.17) is 22.4 Å². The molecule has 0 aliphatic heterocycles. The minimum Gasteiger partial charge on any atom is -0.508 e. The molecule has 3 nitrogen and oxygen atoms in total. The number of phenolic OH excluding ortho intramolecular Hbond substituents is 1. The Morgan fingerprint density at radius 2 is 2.23 bits per heavy atom. The van der Waals surface area contributed by atoms with Gasteiger partial charge < -0.3 is 10.8 Å². The van der Waals surface area contributed by atoms with Crippen molar-refractivity contribution >= 4 is 17.5 Å². The first-order valence-electron chi connectivity index (χ1n) is 3.80. The van der Waals surface area contributed by atoms with Crippen LogP contribution in [0.3, 0.4) is 0 Å². The molecule has 70 valence electrons. The largest absolute Gasteiger partial charge is 0.508 e. The van der Waals surface area contributed by atoms with Crippen LogP contribution in [0.1, 0.15) is 18.4 Å². The van der Waals surface area contributed by atoms with Crippen molar-refractivity contribution in [2.45, 2.75) is 12.8 Å². The van der Waals surface area contributed by atoms with E-state index in [1.165, 1.54) is 12.1 Å². The fourth-order valence-electron chi connectivity index (χ4n) is 1.02. The van der Waals surface area contributed by atoms with Gasteiger partial charge >= 0.3 is 0 Å². The number of phenols is 1. The van der Waals surface area contributed by atoms with Gasteiger partial charge in [0.05, 0.1) is 5.92 Å². The van der Waals surface area contributed by atoms with Crippen molar-refractivity contribution in [1.82, 2.24) is 0 Å². The van der Waals surface area contributed by atoms with E-state index >= 15 is 0 Å². The number of rotatable bonds is 2. The monoisotopic (exact) mass is 199 g/mol. The van der Waals surface area contributed by atoms with Crippen LogP contribution in [0, 0.1) is 0 Å². The van der Waals surface area contributed by atoms with Gasteiger partial charge in [0.2, 0.25) is 5.91 Å². The molecule has 3 N–H and O–H groups in total. The number of amides is 1. The summed E-state index contributed by atoms with van der Waals surface area (Å²) in [7, 11) is 0. The van der Waals surface area contributed by atoms with Crippen molar-refractivity contribution in [2.75, 3.05) is 0 Å². The van der Waals surface area contributed by atoms with E-state index < -0.39 is 11.8 Å². The van der Waals surface area contributed by atoms with Crippen molar-refractivity contribution in [3.8, 4) is 5.75 Å². The molecule has 0 aromatic heterocycles. The summed E-state index contributed by atoms with van der Waals surface area (Å²) in [6.07, 6.45) is 0. The summed E-state index contributed by atoms with van der Waals surface area (Å²) < 4.78 is 0. The van der Waals surface area contributed by atoms with E-state index in [-0.39, 0.29) is 5.75 Å². The zero-order valence-electron chi connectivity index (χ0n) is 7.12. The molecule has 1 rings (SSSR count). The Morgan fingerprint density at radius 1 is 1.62 bits per heavy atom. The van der Waals surface area contributed by atoms with Gasteiger partial charge in [-0.2, -0.15) is 0 Å². The Morgan fingerprint density at radius 3 is 2.69 bits per heavy atom. The van der Waals surface area contributed by atoms with Crippen LogP contribution in [0.25, 0.3) is 0 Å². The van der Waals surface area contributed by atoms with Gasteiger partial charge in [0.15, 0.2) is 0 Å². The second kappa shape index (κ2) is 3.66. The molecule has 1 aromatic carbocycles. The summed E-state index contributed by atoms with van der Waals surface area (Å²) in [5.74, 6) is -0.800. The van der Waals surface area contributed by atoms with Crippen LogP contribution in [-0.2, 0) is 4.79 Å². The zero-order chi connectivity index (χ0) is 10.0. The van der Waals surface area contributed by atoms with Gasteiger partial charge in [-0.1, -0.05) is 17.7 Å². The molecule has 1 aromatic rings. The predicted molar refractivity (Wildman–Crippen MR) is 50.7 cm³/mol. The van der Waals surface area contributed by atoms with Gasteiger partial charge in [0.25, 0.3) is 0 Å². The number of hydrogen-bond donors (Lipinski definition) is 2. The van der Waals surface area contributed by atoms with Gasteiger partial charge in [-0.05, 0) is 24.6 Å². The van der Waals surface area contributed by atoms with Gasteiger partial charge in [0, 0.05) is 5.02 Å². The molecule has 1 unspecified atom stereocenters. The number of carbonyl (C=O) groups is 1. The van der Waals surface area contributed by atoms with Crippen molar-refractivity contribution in [3.63, 3.8) is 0 Å². The van der Waals surface area contributed by atoms with Crippen molar-refractivity contribution in [2.24, 2.45) is 5.73 Å². The first-order chi connectivity index (χ1) is 6.02. The predicted octanol–water partition coefficient (Wildman–Crippen LogP) is 1.63. The van der Waals surface area contributed by atoms with E-state index in [9.17, 15) is 4.79 Å². The topological polar surface area (TPSA) is 63.3 Å². The number of primary amides is 1. The fraction of sp³-hybridized carbons (Fsp3) is 0.222. The molecular formula is C9H10ClNO2. The third-order valence-corrected chi connectivity index (χ3v) is 2.20. The molecule has 0 radical (unpaired) electrons. The minimum atomic E-state index is -0.437. The van der Waals surface area contributed by atoms with Crippen LogP contribution in [0.15, 0.2) is 18.2 Å². The highest BCUT2D eigenvalue weighted by molar-refractivity contribution is 6.31. The highest BCUT2D eigenvalue weighted by Gasteiger charge is 2.14. The Bertz CT molecular complexity index is 338. The van der Waals surface area contributed by atoms with Crippen LogP contribution in [0.5, 0.6) is 5.75 Å². The minimum absolute atomic E-state index is 0.0745. The molecular weight excluding hydrogens is 190 g/mol. The normalized spacial score (nSPS) is 12.5. The second-order valence-electron chi connectivity index (χ2n) is 2.83. The lowest BCUT2D eigenvalue weighted by Crippen LogP contribution is -2.18. The highest BCUT2D eigenvalue weighted by atomic mass is 35.5. The van der Waals surface area contributed by atoms with E-state index in [2.05, 4.69) is 0 Å². The number of halogens is 1. The van der Waals surface area contributed by atoms with E-state index in [0.29, 0.717) is 10.6 Å². The summed E-state index contributed by atoms with van der Waals surface area (Å²) in [4.78, 5) is 10.8. The molecule has 0 fully saturated rings. The lowest BCUT2D eigenvalue weighted by Gasteiger charge is -2.09. The number of aromatic hydroxyl groups is 1. The molecule has 1 amide bonds.